The van der Waals surface area contributed by atoms with Gasteiger partial charge in [0.1, 0.15) is 18.1 Å². The zero-order valence-corrected chi connectivity index (χ0v) is 20.0. The highest BCUT2D eigenvalue weighted by atomic mass is 32.2. The number of hydrogen-bond acceptors (Lipinski definition) is 5. The van der Waals surface area contributed by atoms with Gasteiger partial charge in [-0.25, -0.2) is 13.1 Å². The van der Waals surface area contributed by atoms with Crippen molar-refractivity contribution in [2.24, 2.45) is 0 Å². The second-order valence-electron chi connectivity index (χ2n) is 8.85. The van der Waals surface area contributed by atoms with E-state index in [1.54, 1.807) is 4.90 Å². The Morgan fingerprint density at radius 3 is 2.41 bits per heavy atom. The van der Waals surface area contributed by atoms with Crippen LogP contribution in [0.4, 0.5) is 0 Å². The van der Waals surface area contributed by atoms with Gasteiger partial charge >= 0.3 is 0 Å². The van der Waals surface area contributed by atoms with Crippen molar-refractivity contribution in [1.82, 2.24) is 9.62 Å². The number of nitrogens with zero attached hydrogens (tertiary/aromatic N) is 1. The number of likely N-dealkylation sites (tertiary alicyclic amines) is 1. The molecule has 3 rings (SSSR count). The summed E-state index contributed by atoms with van der Waals surface area (Å²) in [5.41, 5.74) is 1.23. The SMILES string of the molecule is COc1ccc(S(=O)(=O)NCCOc2ccccc2C(C)(C)C)cc1C(=O)N1CCCC1. The molecule has 174 valence electrons. The fraction of sp³-hybridized carbons (Fsp3) is 0.458. The lowest BCUT2D eigenvalue weighted by Crippen LogP contribution is -2.30. The lowest BCUT2D eigenvalue weighted by molar-refractivity contribution is 0.0789. The van der Waals surface area contributed by atoms with E-state index in [9.17, 15) is 13.2 Å². The van der Waals surface area contributed by atoms with E-state index in [2.05, 4.69) is 25.5 Å². The van der Waals surface area contributed by atoms with Crippen LogP contribution >= 0.6 is 0 Å². The van der Waals surface area contributed by atoms with Crippen LogP contribution in [-0.4, -0.2) is 52.6 Å². The van der Waals surface area contributed by atoms with Gasteiger partial charge in [-0.2, -0.15) is 0 Å². The van der Waals surface area contributed by atoms with Crippen molar-refractivity contribution in [2.45, 2.75) is 43.9 Å². The van der Waals surface area contributed by atoms with Gasteiger partial charge in [-0.1, -0.05) is 39.0 Å². The molecule has 1 saturated heterocycles. The average Bonchev–Trinajstić information content (AvgIpc) is 3.30. The molecule has 1 N–H and O–H groups in total. The Morgan fingerprint density at radius 1 is 1.06 bits per heavy atom. The van der Waals surface area contributed by atoms with Crippen LogP contribution in [0.15, 0.2) is 47.4 Å². The minimum atomic E-state index is -3.81. The summed E-state index contributed by atoms with van der Waals surface area (Å²) >= 11 is 0. The summed E-state index contributed by atoms with van der Waals surface area (Å²) < 4.78 is 39.4. The third-order valence-electron chi connectivity index (χ3n) is 5.45. The highest BCUT2D eigenvalue weighted by molar-refractivity contribution is 7.89. The van der Waals surface area contributed by atoms with Gasteiger partial charge in [-0.05, 0) is 48.1 Å². The third-order valence-corrected chi connectivity index (χ3v) is 6.91. The number of nitrogens with one attached hydrogen (secondary N) is 1. The fourth-order valence-corrected chi connectivity index (χ4v) is 4.78. The molecule has 0 aliphatic carbocycles. The molecule has 0 saturated carbocycles. The summed E-state index contributed by atoms with van der Waals surface area (Å²) in [6, 6.07) is 12.1. The molecule has 1 heterocycles. The Morgan fingerprint density at radius 2 is 1.75 bits per heavy atom. The molecule has 1 aliphatic heterocycles. The molecular weight excluding hydrogens is 428 g/mol. The molecule has 0 unspecified atom stereocenters. The van der Waals surface area contributed by atoms with E-state index >= 15 is 0 Å². The molecule has 0 spiro atoms. The lowest BCUT2D eigenvalue weighted by atomic mass is 9.86. The lowest BCUT2D eigenvalue weighted by Gasteiger charge is -2.22. The maximum atomic E-state index is 12.8. The Bertz CT molecular complexity index is 1050. The van der Waals surface area contributed by atoms with Gasteiger partial charge in [-0.15, -0.1) is 0 Å². The van der Waals surface area contributed by atoms with Gasteiger partial charge in [0, 0.05) is 19.6 Å². The Hall–Kier alpha value is -2.58. The van der Waals surface area contributed by atoms with E-state index in [4.69, 9.17) is 9.47 Å². The first-order chi connectivity index (χ1) is 15.1. The first-order valence-corrected chi connectivity index (χ1v) is 12.3. The molecule has 2 aromatic carbocycles. The van der Waals surface area contributed by atoms with E-state index in [1.807, 2.05) is 24.3 Å². The van der Waals surface area contributed by atoms with Crippen molar-refractivity contribution < 1.29 is 22.7 Å². The maximum Gasteiger partial charge on any atom is 0.257 e. The first-order valence-electron chi connectivity index (χ1n) is 10.8. The average molecular weight is 461 g/mol. The zero-order chi connectivity index (χ0) is 23.4. The molecule has 1 amide bonds. The van der Waals surface area contributed by atoms with Crippen LogP contribution in [-0.2, 0) is 15.4 Å². The third kappa shape index (κ3) is 5.61. The molecule has 7 nitrogen and oxygen atoms in total. The van der Waals surface area contributed by atoms with Crippen molar-refractivity contribution in [1.29, 1.82) is 0 Å². The van der Waals surface area contributed by atoms with Crippen LogP contribution in [0.2, 0.25) is 0 Å². The van der Waals surface area contributed by atoms with Gasteiger partial charge in [-0.3, -0.25) is 4.79 Å². The molecule has 0 bridgehead atoms. The van der Waals surface area contributed by atoms with Gasteiger partial charge in [0.05, 0.1) is 17.6 Å². The van der Waals surface area contributed by atoms with Crippen LogP contribution in [0.25, 0.3) is 0 Å². The van der Waals surface area contributed by atoms with Crippen LogP contribution in [0.3, 0.4) is 0 Å². The van der Waals surface area contributed by atoms with Gasteiger partial charge in [0.15, 0.2) is 0 Å². The van der Waals surface area contributed by atoms with Crippen LogP contribution in [0.5, 0.6) is 11.5 Å². The molecule has 32 heavy (non-hydrogen) atoms. The maximum absolute atomic E-state index is 12.8. The summed E-state index contributed by atoms with van der Waals surface area (Å²) in [5, 5.41) is 0. The number of methoxy groups -OCH3 is 1. The second kappa shape index (κ2) is 9.92. The number of carbonyl (C=O) groups excluding carboxylic acids is 1. The number of hydrogen-bond donors (Lipinski definition) is 1. The first kappa shape index (κ1) is 24.1. The van der Waals surface area contributed by atoms with E-state index in [-0.39, 0.29) is 34.9 Å². The van der Waals surface area contributed by atoms with Gasteiger partial charge < -0.3 is 14.4 Å². The summed E-state index contributed by atoms with van der Waals surface area (Å²) in [4.78, 5) is 14.6. The van der Waals surface area contributed by atoms with Crippen LogP contribution in [0, 0.1) is 0 Å². The number of benzene rings is 2. The standard InChI is InChI=1S/C24H32N2O5S/c1-24(2,3)20-9-5-6-10-22(20)31-16-13-25-32(28,29)18-11-12-21(30-4)19(17-18)23(27)26-14-7-8-15-26/h5-6,9-12,17,25H,7-8,13-16H2,1-4H3. The number of para-hydroxylation sites is 1. The molecule has 2 aromatic rings. The minimum absolute atomic E-state index is 0.0240. The molecule has 1 fully saturated rings. The summed E-state index contributed by atoms with van der Waals surface area (Å²) in [6.45, 7) is 7.92. The Kier molecular flexibility index (Phi) is 7.46. The predicted molar refractivity (Wildman–Crippen MR) is 124 cm³/mol. The van der Waals surface area contributed by atoms with E-state index in [0.717, 1.165) is 24.2 Å². The van der Waals surface area contributed by atoms with E-state index in [0.29, 0.717) is 18.8 Å². The summed E-state index contributed by atoms with van der Waals surface area (Å²) in [7, 11) is -2.35. The molecular formula is C24H32N2O5S. The zero-order valence-electron chi connectivity index (χ0n) is 19.2. The number of ether oxygens (including phenoxy) is 2. The van der Waals surface area contributed by atoms with Crippen molar-refractivity contribution >= 4 is 15.9 Å². The molecule has 8 heteroatoms. The molecule has 0 atom stereocenters. The quantitative estimate of drug-likeness (QED) is 0.609. The topological polar surface area (TPSA) is 84.9 Å². The molecule has 1 aliphatic rings. The normalized spacial score (nSPS) is 14.4. The van der Waals surface area contributed by atoms with E-state index < -0.39 is 10.0 Å². The summed E-state index contributed by atoms with van der Waals surface area (Å²) in [5.74, 6) is 0.892. The molecule has 0 radical (unpaired) electrons. The largest absolute Gasteiger partial charge is 0.496 e. The van der Waals surface area contributed by atoms with Gasteiger partial charge in [0.2, 0.25) is 10.0 Å². The van der Waals surface area contributed by atoms with Crippen LogP contribution in [0.1, 0.15) is 49.5 Å². The monoisotopic (exact) mass is 460 g/mol. The predicted octanol–water partition coefficient (Wildman–Crippen LogP) is 3.59. The van der Waals surface area contributed by atoms with Crippen molar-refractivity contribution in [3.05, 3.63) is 53.6 Å². The van der Waals surface area contributed by atoms with Crippen molar-refractivity contribution in [3.8, 4) is 11.5 Å². The number of carbonyl (C=O) groups is 1. The number of amides is 1. The highest BCUT2D eigenvalue weighted by Gasteiger charge is 2.25. The summed E-state index contributed by atoms with van der Waals surface area (Å²) in [6.07, 6.45) is 1.90. The molecule has 0 aromatic heterocycles. The van der Waals surface area contributed by atoms with Gasteiger partial charge in [0.25, 0.3) is 5.91 Å². The fourth-order valence-electron chi connectivity index (χ4n) is 3.74. The number of rotatable bonds is 8. The van der Waals surface area contributed by atoms with Crippen LogP contribution < -0.4 is 14.2 Å². The van der Waals surface area contributed by atoms with Crippen molar-refractivity contribution in [2.75, 3.05) is 33.4 Å². The Balaban J connectivity index is 1.68. The number of sulfonamides is 1. The second-order valence-corrected chi connectivity index (χ2v) is 10.6. The minimum Gasteiger partial charge on any atom is -0.496 e. The van der Waals surface area contributed by atoms with E-state index in [1.165, 1.54) is 25.3 Å². The Labute approximate surface area is 190 Å². The highest BCUT2D eigenvalue weighted by Crippen LogP contribution is 2.31. The smallest absolute Gasteiger partial charge is 0.257 e. The van der Waals surface area contributed by atoms with Crippen molar-refractivity contribution in [3.63, 3.8) is 0 Å².